The largest absolute Gasteiger partial charge is 0.504 e. The van der Waals surface area contributed by atoms with Crippen molar-refractivity contribution < 1.29 is 33.7 Å². The first-order chi connectivity index (χ1) is 16.2. The quantitative estimate of drug-likeness (QED) is 0.377. The number of ether oxygens (including phenoxy) is 3. The summed E-state index contributed by atoms with van der Waals surface area (Å²) in [5.74, 6) is -0.876. The molecule has 8 nitrogen and oxygen atoms in total. The molecule has 0 atom stereocenters. The molecule has 1 N–H and O–H groups in total. The highest BCUT2D eigenvalue weighted by Gasteiger charge is 2.18. The molecule has 1 aromatic heterocycles. The molecule has 0 bridgehead atoms. The Morgan fingerprint density at radius 2 is 1.68 bits per heavy atom. The molecule has 0 fully saturated rings. The lowest BCUT2D eigenvalue weighted by Gasteiger charge is -2.11. The van der Waals surface area contributed by atoms with Crippen molar-refractivity contribution in [3.63, 3.8) is 0 Å². The van der Waals surface area contributed by atoms with Gasteiger partial charge in [-0.2, -0.15) is 0 Å². The minimum absolute atomic E-state index is 0.00108. The summed E-state index contributed by atoms with van der Waals surface area (Å²) in [6.45, 7) is 3.32. The number of methoxy groups -OCH3 is 2. The number of carbonyl (C=O) groups excluding carboxylic acids is 3. The van der Waals surface area contributed by atoms with Crippen molar-refractivity contribution in [3.8, 4) is 17.2 Å². The fraction of sp³-hybridized carbons (Fsp3) is 0.269. The van der Waals surface area contributed by atoms with E-state index in [-0.39, 0.29) is 24.6 Å². The van der Waals surface area contributed by atoms with Gasteiger partial charge in [0.05, 0.1) is 19.8 Å². The maximum Gasteiger partial charge on any atom is 0.337 e. The maximum atomic E-state index is 12.7. The summed E-state index contributed by atoms with van der Waals surface area (Å²) in [4.78, 5) is 36.5. The van der Waals surface area contributed by atoms with Crippen LogP contribution in [0.4, 0.5) is 0 Å². The Hall–Kier alpha value is -4.07. The average Bonchev–Trinajstić information content (AvgIpc) is 3.14. The number of aromatic nitrogens is 1. The van der Waals surface area contributed by atoms with Gasteiger partial charge in [0.1, 0.15) is 0 Å². The van der Waals surface area contributed by atoms with E-state index in [1.807, 2.05) is 18.4 Å². The Kier molecular flexibility index (Phi) is 7.73. The molecule has 0 aliphatic heterocycles. The van der Waals surface area contributed by atoms with Gasteiger partial charge in [-0.15, -0.1) is 0 Å². The van der Waals surface area contributed by atoms with Crippen molar-refractivity contribution in [1.82, 2.24) is 4.57 Å². The summed E-state index contributed by atoms with van der Waals surface area (Å²) in [7, 11) is 2.78. The lowest BCUT2D eigenvalue weighted by molar-refractivity contribution is -0.142. The number of aryl methyl sites for hydroxylation is 2. The lowest BCUT2D eigenvalue weighted by atomic mass is 10.1. The molecule has 3 aromatic rings. The minimum atomic E-state index is -0.504. The Labute approximate surface area is 197 Å². The highest BCUT2D eigenvalue weighted by Crippen LogP contribution is 2.27. The first-order valence-corrected chi connectivity index (χ1v) is 10.7. The number of esters is 2. The molecule has 1 heterocycles. The molecule has 8 heteroatoms. The normalized spacial score (nSPS) is 10.6. The molecule has 0 unspecified atom stereocenters. The number of carbonyl (C=O) groups is 3. The summed E-state index contributed by atoms with van der Waals surface area (Å²) in [5, 5.41) is 9.83. The summed E-state index contributed by atoms with van der Waals surface area (Å²) in [6.07, 6.45) is 0.436. The average molecular weight is 466 g/mol. The van der Waals surface area contributed by atoms with Crippen LogP contribution in [0.2, 0.25) is 0 Å². The number of Topliss-reactive ketones (excluding diaryl/α,β-unsaturated/α-hetero) is 1. The fourth-order valence-electron chi connectivity index (χ4n) is 3.74. The maximum absolute atomic E-state index is 12.7. The monoisotopic (exact) mass is 465 g/mol. The second-order valence-electron chi connectivity index (χ2n) is 7.75. The van der Waals surface area contributed by atoms with Gasteiger partial charge >= 0.3 is 11.9 Å². The van der Waals surface area contributed by atoms with Crippen molar-refractivity contribution in [1.29, 1.82) is 0 Å². The van der Waals surface area contributed by atoms with Crippen LogP contribution in [0.5, 0.6) is 11.5 Å². The number of benzene rings is 2. The van der Waals surface area contributed by atoms with Crippen LogP contribution in [0, 0.1) is 13.8 Å². The number of aromatic hydroxyl groups is 1. The van der Waals surface area contributed by atoms with Crippen LogP contribution in [0.25, 0.3) is 5.69 Å². The van der Waals surface area contributed by atoms with Gasteiger partial charge in [-0.1, -0.05) is 6.07 Å². The molecule has 2 aromatic carbocycles. The fourth-order valence-corrected chi connectivity index (χ4v) is 3.74. The van der Waals surface area contributed by atoms with Crippen molar-refractivity contribution >= 4 is 17.7 Å². The molecule has 0 spiro atoms. The standard InChI is InChI=1S/C26H27NO7/c1-16-13-21(17(2)27(16)20-9-7-19(8-10-20)26(31)33-4)23(29)15-34-25(30)12-6-18-5-11-24(32-3)22(28)14-18/h5,7-11,13-14,28H,6,12,15H2,1-4H3. The zero-order chi connectivity index (χ0) is 24.8. The van der Waals surface area contributed by atoms with Gasteiger partial charge in [0.25, 0.3) is 0 Å². The van der Waals surface area contributed by atoms with Crippen LogP contribution >= 0.6 is 0 Å². The third-order valence-electron chi connectivity index (χ3n) is 5.50. The van der Waals surface area contributed by atoms with Gasteiger partial charge < -0.3 is 23.9 Å². The van der Waals surface area contributed by atoms with Gasteiger partial charge in [-0.05, 0) is 68.3 Å². The zero-order valence-corrected chi connectivity index (χ0v) is 19.6. The third kappa shape index (κ3) is 5.46. The Morgan fingerprint density at radius 3 is 2.29 bits per heavy atom. The predicted molar refractivity (Wildman–Crippen MR) is 125 cm³/mol. The van der Waals surface area contributed by atoms with Gasteiger partial charge in [0.2, 0.25) is 5.78 Å². The van der Waals surface area contributed by atoms with E-state index < -0.39 is 11.9 Å². The van der Waals surface area contributed by atoms with E-state index in [2.05, 4.69) is 0 Å². The second kappa shape index (κ2) is 10.7. The first kappa shape index (κ1) is 24.6. The molecule has 0 saturated heterocycles. The van der Waals surface area contributed by atoms with Crippen LogP contribution in [-0.2, 0) is 20.7 Å². The van der Waals surface area contributed by atoms with Gasteiger partial charge in [0.15, 0.2) is 18.1 Å². The number of hydrogen-bond acceptors (Lipinski definition) is 7. The molecule has 178 valence electrons. The van der Waals surface area contributed by atoms with Gasteiger partial charge in [0, 0.05) is 29.1 Å². The Balaban J connectivity index is 1.61. The van der Waals surface area contributed by atoms with E-state index in [4.69, 9.17) is 14.2 Å². The number of ketones is 1. The molecule has 0 aliphatic rings. The first-order valence-electron chi connectivity index (χ1n) is 10.7. The van der Waals surface area contributed by atoms with E-state index in [1.54, 1.807) is 42.5 Å². The topological polar surface area (TPSA) is 104 Å². The summed E-state index contributed by atoms with van der Waals surface area (Å²) < 4.78 is 16.8. The Bertz CT molecular complexity index is 1210. The predicted octanol–water partition coefficient (Wildman–Crippen LogP) is 3.95. The summed E-state index contributed by atoms with van der Waals surface area (Å²) >= 11 is 0. The smallest absolute Gasteiger partial charge is 0.337 e. The molecular formula is C26H27NO7. The number of nitrogens with zero attached hydrogens (tertiary/aromatic N) is 1. The summed E-state index contributed by atoms with van der Waals surface area (Å²) in [5.41, 5.74) is 3.98. The number of phenols is 1. The molecular weight excluding hydrogens is 438 g/mol. The Morgan fingerprint density at radius 1 is 0.971 bits per heavy atom. The lowest BCUT2D eigenvalue weighted by Crippen LogP contribution is -2.15. The number of hydrogen-bond donors (Lipinski definition) is 1. The minimum Gasteiger partial charge on any atom is -0.504 e. The number of phenolic OH excluding ortho intramolecular Hbond substituents is 1. The van der Waals surface area contributed by atoms with Crippen LogP contribution in [0.1, 0.15) is 44.1 Å². The molecule has 34 heavy (non-hydrogen) atoms. The molecule has 0 radical (unpaired) electrons. The second-order valence-corrected chi connectivity index (χ2v) is 7.75. The highest BCUT2D eigenvalue weighted by atomic mass is 16.5. The van der Waals surface area contributed by atoms with Crippen molar-refractivity contribution in [2.45, 2.75) is 26.7 Å². The zero-order valence-electron chi connectivity index (χ0n) is 19.6. The highest BCUT2D eigenvalue weighted by molar-refractivity contribution is 5.99. The third-order valence-corrected chi connectivity index (χ3v) is 5.50. The molecule has 0 amide bonds. The van der Waals surface area contributed by atoms with Crippen LogP contribution < -0.4 is 4.74 Å². The van der Waals surface area contributed by atoms with E-state index in [1.165, 1.54) is 20.3 Å². The molecule has 0 saturated carbocycles. The SMILES string of the molecule is COC(=O)c1ccc(-n2c(C)cc(C(=O)COC(=O)CCc3ccc(OC)c(O)c3)c2C)cc1. The van der Waals surface area contributed by atoms with E-state index in [0.717, 1.165) is 16.9 Å². The van der Waals surface area contributed by atoms with E-state index >= 15 is 0 Å². The van der Waals surface area contributed by atoms with Crippen molar-refractivity contribution in [3.05, 3.63) is 76.6 Å². The van der Waals surface area contributed by atoms with Crippen LogP contribution in [0.15, 0.2) is 48.5 Å². The molecule has 0 aliphatic carbocycles. The summed E-state index contributed by atoms with van der Waals surface area (Å²) in [6, 6.07) is 13.5. The van der Waals surface area contributed by atoms with Crippen LogP contribution in [0.3, 0.4) is 0 Å². The van der Waals surface area contributed by atoms with Gasteiger partial charge in [-0.3, -0.25) is 9.59 Å². The van der Waals surface area contributed by atoms with E-state index in [9.17, 15) is 19.5 Å². The molecule has 3 rings (SSSR count). The van der Waals surface area contributed by atoms with Crippen molar-refractivity contribution in [2.24, 2.45) is 0 Å². The van der Waals surface area contributed by atoms with Crippen LogP contribution in [-0.4, -0.2) is 48.2 Å². The number of rotatable bonds is 9. The van der Waals surface area contributed by atoms with Crippen molar-refractivity contribution in [2.75, 3.05) is 20.8 Å². The van der Waals surface area contributed by atoms with Gasteiger partial charge in [-0.25, -0.2) is 4.79 Å². The van der Waals surface area contributed by atoms with E-state index in [0.29, 0.717) is 29.0 Å².